The molecule has 0 bridgehead atoms. The lowest BCUT2D eigenvalue weighted by molar-refractivity contribution is 0.0535. The van der Waals surface area contributed by atoms with Crippen LogP contribution in [0.25, 0.3) is 0 Å². The Kier molecular flexibility index (Phi) is 4.39. The molecule has 1 rings (SSSR count). The largest absolute Gasteiger partial charge is 0.460 e. The zero-order valence-corrected chi connectivity index (χ0v) is 12.2. The monoisotopic (exact) mass is 291 g/mol. The van der Waals surface area contributed by atoms with Gasteiger partial charge >= 0.3 is 5.97 Å². The highest BCUT2D eigenvalue weighted by Gasteiger charge is 2.29. The van der Waals surface area contributed by atoms with E-state index in [9.17, 15) is 13.2 Å². The van der Waals surface area contributed by atoms with Gasteiger partial charge in [-0.15, -0.1) is 11.3 Å². The summed E-state index contributed by atoms with van der Waals surface area (Å²) in [6.07, 6.45) is 0. The van der Waals surface area contributed by atoms with Crippen molar-refractivity contribution in [1.29, 1.82) is 0 Å². The van der Waals surface area contributed by atoms with Gasteiger partial charge < -0.3 is 10.5 Å². The summed E-state index contributed by atoms with van der Waals surface area (Å²) in [5.41, 5.74) is 5.91. The van der Waals surface area contributed by atoms with Crippen LogP contribution in [-0.4, -0.2) is 31.5 Å². The van der Waals surface area contributed by atoms with Gasteiger partial charge in [-0.1, -0.05) is 0 Å². The normalized spacial score (nSPS) is 12.4. The Morgan fingerprint density at radius 2 is 2.06 bits per heavy atom. The summed E-state index contributed by atoms with van der Waals surface area (Å²) in [7, 11) is -3.28. The van der Waals surface area contributed by atoms with Crippen molar-refractivity contribution in [2.24, 2.45) is 0 Å². The molecule has 0 saturated carbocycles. The van der Waals surface area contributed by atoms with Gasteiger partial charge in [-0.3, -0.25) is 0 Å². The van der Waals surface area contributed by atoms with Crippen molar-refractivity contribution in [1.82, 2.24) is 0 Å². The van der Waals surface area contributed by atoms with Crippen molar-refractivity contribution in [2.75, 3.05) is 18.1 Å². The molecule has 1 aromatic rings. The minimum atomic E-state index is -3.28. The second kappa shape index (κ2) is 5.27. The van der Waals surface area contributed by atoms with Crippen LogP contribution in [0.15, 0.2) is 11.4 Å². The van der Waals surface area contributed by atoms with Crippen LogP contribution in [0.2, 0.25) is 0 Å². The smallest absolute Gasteiger partial charge is 0.350 e. The molecule has 0 aromatic carbocycles. The minimum Gasteiger partial charge on any atom is -0.460 e. The molecule has 0 atom stereocenters. The molecule has 0 aliphatic rings. The molecule has 0 fully saturated rings. The first-order valence-electron chi connectivity index (χ1n) is 5.37. The van der Waals surface area contributed by atoms with E-state index < -0.39 is 20.6 Å². The number of ether oxygens (including phenoxy) is 1. The Hall–Kier alpha value is -1.08. The minimum absolute atomic E-state index is 0.157. The number of nitrogen functional groups attached to an aromatic ring is 1. The Morgan fingerprint density at radius 1 is 1.44 bits per heavy atom. The molecule has 0 saturated heterocycles. The number of hydrogen-bond acceptors (Lipinski definition) is 6. The molecule has 0 radical (unpaired) electrons. The van der Waals surface area contributed by atoms with Gasteiger partial charge in [0.05, 0.1) is 16.2 Å². The Morgan fingerprint density at radius 3 is 2.50 bits per heavy atom. The summed E-state index contributed by atoms with van der Waals surface area (Å²) in [6, 6.07) is 1.60. The van der Waals surface area contributed by atoms with E-state index in [1.54, 1.807) is 32.2 Å². The van der Waals surface area contributed by atoms with E-state index in [4.69, 9.17) is 10.5 Å². The number of thiophene rings is 1. The maximum absolute atomic E-state index is 11.8. The van der Waals surface area contributed by atoms with Crippen molar-refractivity contribution in [3.05, 3.63) is 16.3 Å². The first-order chi connectivity index (χ1) is 8.15. The van der Waals surface area contributed by atoms with E-state index in [1.807, 2.05) is 0 Å². The average molecular weight is 291 g/mol. The summed E-state index contributed by atoms with van der Waals surface area (Å²) in [5, 5.41) is 1.68. The lowest BCUT2D eigenvalue weighted by Gasteiger charge is -2.18. The highest BCUT2D eigenvalue weighted by molar-refractivity contribution is 7.92. The fourth-order valence-corrected chi connectivity index (χ4v) is 2.73. The van der Waals surface area contributed by atoms with E-state index in [1.165, 1.54) is 11.3 Å². The molecule has 1 heterocycles. The van der Waals surface area contributed by atoms with Crippen LogP contribution < -0.4 is 5.73 Å². The lowest BCUT2D eigenvalue weighted by atomic mass is 10.3. The number of sulfone groups is 1. The van der Waals surface area contributed by atoms with Crippen LogP contribution in [0.5, 0.6) is 0 Å². The third-order valence-corrected chi connectivity index (χ3v) is 5.88. The van der Waals surface area contributed by atoms with Gasteiger partial charge in [-0.2, -0.15) is 0 Å². The van der Waals surface area contributed by atoms with Gasteiger partial charge in [0.25, 0.3) is 0 Å². The van der Waals surface area contributed by atoms with Crippen molar-refractivity contribution < 1.29 is 17.9 Å². The van der Waals surface area contributed by atoms with Gasteiger partial charge in [-0.25, -0.2) is 13.2 Å². The predicted octanol–water partition coefficient (Wildman–Crippen LogP) is 1.70. The van der Waals surface area contributed by atoms with Crippen LogP contribution in [-0.2, 0) is 14.6 Å². The molecule has 0 spiro atoms. The standard InChI is InChI=1S/C11H17NO4S2/c1-11(2,3)18(14,15)7-5-16-10(13)9-8(12)4-6-17-9/h4,6H,5,7,12H2,1-3H3. The number of hydrogen-bond donors (Lipinski definition) is 1. The number of carbonyl (C=O) groups excluding carboxylic acids is 1. The van der Waals surface area contributed by atoms with Crippen LogP contribution in [0.1, 0.15) is 30.4 Å². The van der Waals surface area contributed by atoms with Crippen LogP contribution in [0.3, 0.4) is 0 Å². The Balaban J connectivity index is 2.54. The van der Waals surface area contributed by atoms with E-state index in [0.29, 0.717) is 10.6 Å². The predicted molar refractivity (Wildman–Crippen MR) is 72.6 cm³/mol. The Bertz CT molecular complexity index is 525. The quantitative estimate of drug-likeness (QED) is 0.853. The molecule has 0 amide bonds. The molecule has 7 heteroatoms. The molecule has 5 nitrogen and oxygen atoms in total. The van der Waals surface area contributed by atoms with Gasteiger partial charge in [0.1, 0.15) is 11.5 Å². The molecular weight excluding hydrogens is 274 g/mol. The molecule has 0 unspecified atom stereocenters. The molecule has 0 aliphatic heterocycles. The zero-order valence-electron chi connectivity index (χ0n) is 10.6. The summed E-state index contributed by atoms with van der Waals surface area (Å²) in [4.78, 5) is 11.9. The number of anilines is 1. The first kappa shape index (κ1) is 15.0. The van der Waals surface area contributed by atoms with Gasteiger partial charge in [0, 0.05) is 0 Å². The van der Waals surface area contributed by atoms with Crippen LogP contribution >= 0.6 is 11.3 Å². The highest BCUT2D eigenvalue weighted by Crippen LogP contribution is 2.20. The Labute approximate surface area is 111 Å². The first-order valence-corrected chi connectivity index (χ1v) is 7.91. The van der Waals surface area contributed by atoms with Crippen molar-refractivity contribution in [2.45, 2.75) is 25.5 Å². The van der Waals surface area contributed by atoms with Crippen molar-refractivity contribution >= 4 is 32.8 Å². The number of esters is 1. The molecule has 102 valence electrons. The average Bonchev–Trinajstić information content (AvgIpc) is 2.62. The second-order valence-corrected chi connectivity index (χ2v) is 8.55. The van der Waals surface area contributed by atoms with Crippen LogP contribution in [0, 0.1) is 0 Å². The van der Waals surface area contributed by atoms with E-state index in [2.05, 4.69) is 0 Å². The summed E-state index contributed by atoms with van der Waals surface area (Å²) in [5.74, 6) is -0.764. The molecule has 0 aliphatic carbocycles. The summed E-state index contributed by atoms with van der Waals surface area (Å²) >= 11 is 1.17. The maximum Gasteiger partial charge on any atom is 0.350 e. The third kappa shape index (κ3) is 3.46. The molecule has 2 N–H and O–H groups in total. The molecule has 18 heavy (non-hydrogen) atoms. The van der Waals surface area contributed by atoms with Gasteiger partial charge in [-0.05, 0) is 32.2 Å². The zero-order chi connectivity index (χ0) is 14.0. The highest BCUT2D eigenvalue weighted by atomic mass is 32.2. The third-order valence-electron chi connectivity index (χ3n) is 2.40. The second-order valence-electron chi connectivity index (χ2n) is 4.77. The number of carbonyl (C=O) groups is 1. The van der Waals surface area contributed by atoms with Gasteiger partial charge in [0.2, 0.25) is 0 Å². The maximum atomic E-state index is 11.8. The summed E-state index contributed by atoms with van der Waals surface area (Å²) < 4.78 is 27.6. The topological polar surface area (TPSA) is 86.5 Å². The number of nitrogens with two attached hydrogens (primary N) is 1. The van der Waals surface area contributed by atoms with E-state index >= 15 is 0 Å². The van der Waals surface area contributed by atoms with E-state index in [0.717, 1.165) is 0 Å². The van der Waals surface area contributed by atoms with Crippen LogP contribution in [0.4, 0.5) is 5.69 Å². The molecular formula is C11H17NO4S2. The fourth-order valence-electron chi connectivity index (χ4n) is 1.10. The number of rotatable bonds is 4. The van der Waals surface area contributed by atoms with Crippen molar-refractivity contribution in [3.63, 3.8) is 0 Å². The SMILES string of the molecule is CC(C)(C)S(=O)(=O)CCOC(=O)c1sccc1N. The molecule has 1 aromatic heterocycles. The van der Waals surface area contributed by atoms with Gasteiger partial charge in [0.15, 0.2) is 9.84 Å². The van der Waals surface area contributed by atoms with Crippen molar-refractivity contribution in [3.8, 4) is 0 Å². The lowest BCUT2D eigenvalue weighted by Crippen LogP contribution is -2.32. The van der Waals surface area contributed by atoms with E-state index in [-0.39, 0.29) is 12.4 Å². The summed E-state index contributed by atoms with van der Waals surface area (Å²) in [6.45, 7) is 4.68. The fraction of sp³-hybridized carbons (Fsp3) is 0.545.